The lowest BCUT2D eigenvalue weighted by molar-refractivity contribution is -0.141. The minimum absolute atomic E-state index is 0.177. The van der Waals surface area contributed by atoms with Gasteiger partial charge in [0.1, 0.15) is 18.6 Å². The molecule has 1 aromatic carbocycles. The van der Waals surface area contributed by atoms with Crippen LogP contribution in [-0.2, 0) is 14.4 Å². The maximum atomic E-state index is 12.8. The number of para-hydroxylation sites is 2. The van der Waals surface area contributed by atoms with Crippen LogP contribution in [0.2, 0.25) is 0 Å². The predicted octanol–water partition coefficient (Wildman–Crippen LogP) is 1.16. The average molecular weight is 376 g/mol. The van der Waals surface area contributed by atoms with Crippen molar-refractivity contribution in [1.29, 1.82) is 0 Å². The Balaban J connectivity index is 2.20. The van der Waals surface area contributed by atoms with E-state index in [-0.39, 0.29) is 18.4 Å². The molecular formula is C18H24N4O5. The molecule has 0 unspecified atom stereocenters. The fraction of sp³-hybridized carbons (Fsp3) is 0.444. The van der Waals surface area contributed by atoms with E-state index in [1.165, 1.54) is 11.8 Å². The molecule has 1 aliphatic rings. The molecule has 0 aromatic heterocycles. The summed E-state index contributed by atoms with van der Waals surface area (Å²) >= 11 is 0. The number of fused-ring (bicyclic) bond motifs is 1. The first-order valence-corrected chi connectivity index (χ1v) is 8.74. The number of nitrogens with zero attached hydrogens (tertiary/aromatic N) is 1. The van der Waals surface area contributed by atoms with Crippen LogP contribution in [0.3, 0.4) is 0 Å². The van der Waals surface area contributed by atoms with Gasteiger partial charge in [0.05, 0.1) is 11.4 Å². The van der Waals surface area contributed by atoms with Gasteiger partial charge in [-0.2, -0.15) is 0 Å². The summed E-state index contributed by atoms with van der Waals surface area (Å²) in [4.78, 5) is 49.4. The molecule has 0 aliphatic carbocycles. The van der Waals surface area contributed by atoms with E-state index in [1.807, 2.05) is 6.92 Å². The van der Waals surface area contributed by atoms with Crippen LogP contribution in [-0.4, -0.2) is 47.5 Å². The Kier molecular flexibility index (Phi) is 6.38. The highest BCUT2D eigenvalue weighted by atomic mass is 16.4. The highest BCUT2D eigenvalue weighted by Crippen LogP contribution is 2.29. The van der Waals surface area contributed by atoms with Gasteiger partial charge in [-0.25, -0.2) is 4.79 Å². The number of aliphatic carboxylic acids is 1. The Morgan fingerprint density at radius 3 is 2.52 bits per heavy atom. The fourth-order valence-corrected chi connectivity index (χ4v) is 2.69. The van der Waals surface area contributed by atoms with Gasteiger partial charge in [0.15, 0.2) is 0 Å². The molecule has 0 bridgehead atoms. The number of amides is 4. The number of nitrogens with one attached hydrogen (secondary N) is 3. The van der Waals surface area contributed by atoms with Crippen molar-refractivity contribution in [3.63, 3.8) is 0 Å². The van der Waals surface area contributed by atoms with Gasteiger partial charge in [-0.05, 0) is 25.0 Å². The highest BCUT2D eigenvalue weighted by molar-refractivity contribution is 6.10. The smallest absolute Gasteiger partial charge is 0.325 e. The largest absolute Gasteiger partial charge is 0.480 e. The molecule has 0 saturated carbocycles. The molecule has 0 spiro atoms. The van der Waals surface area contributed by atoms with Crippen LogP contribution < -0.4 is 20.9 Å². The topological polar surface area (TPSA) is 128 Å². The summed E-state index contributed by atoms with van der Waals surface area (Å²) in [6, 6.07) is 4.25. The van der Waals surface area contributed by atoms with Crippen molar-refractivity contribution in [3.05, 3.63) is 24.3 Å². The van der Waals surface area contributed by atoms with Gasteiger partial charge in [-0.15, -0.1) is 0 Å². The van der Waals surface area contributed by atoms with Crippen molar-refractivity contribution in [3.8, 4) is 0 Å². The molecule has 4 N–H and O–H groups in total. The molecule has 1 aliphatic heterocycles. The third-order valence-corrected chi connectivity index (χ3v) is 4.52. The van der Waals surface area contributed by atoms with E-state index in [9.17, 15) is 19.2 Å². The molecular weight excluding hydrogens is 352 g/mol. The number of carboxylic acid groups (broad SMARTS) is 1. The third-order valence-electron chi connectivity index (χ3n) is 4.52. The third kappa shape index (κ3) is 4.75. The molecule has 9 nitrogen and oxygen atoms in total. The van der Waals surface area contributed by atoms with Crippen LogP contribution in [0.5, 0.6) is 0 Å². The van der Waals surface area contributed by atoms with E-state index in [1.54, 1.807) is 31.2 Å². The second kappa shape index (κ2) is 8.52. The molecule has 2 rings (SSSR count). The lowest BCUT2D eigenvalue weighted by atomic mass is 9.98. The zero-order chi connectivity index (χ0) is 20.1. The molecule has 1 aromatic rings. The Labute approximate surface area is 157 Å². The van der Waals surface area contributed by atoms with E-state index in [2.05, 4.69) is 16.0 Å². The number of carbonyl (C=O) groups is 4. The molecule has 4 amide bonds. The summed E-state index contributed by atoms with van der Waals surface area (Å²) in [6.45, 7) is 4.82. The highest BCUT2D eigenvalue weighted by Gasteiger charge is 2.32. The summed E-state index contributed by atoms with van der Waals surface area (Å²) < 4.78 is 0. The van der Waals surface area contributed by atoms with Crippen LogP contribution in [0, 0.1) is 5.92 Å². The maximum Gasteiger partial charge on any atom is 0.325 e. The number of rotatable bonds is 6. The standard InChI is InChI=1S/C18H24N4O5/c1-4-10(2)15(16(24)19-11(3)17(25)26)21-18(27)22-9-14(23)20-12-7-5-6-8-13(12)22/h5-8,10-11,15H,4,9H2,1-3H3,(H,19,24)(H,20,23)(H,21,27)(H,25,26)/t10-,11-,15+/m1/s1. The quantitative estimate of drug-likeness (QED) is 0.592. The van der Waals surface area contributed by atoms with Gasteiger partial charge in [0, 0.05) is 0 Å². The fourth-order valence-electron chi connectivity index (χ4n) is 2.69. The van der Waals surface area contributed by atoms with E-state index in [4.69, 9.17) is 5.11 Å². The zero-order valence-corrected chi connectivity index (χ0v) is 15.5. The molecule has 0 fully saturated rings. The van der Waals surface area contributed by atoms with E-state index >= 15 is 0 Å². The van der Waals surface area contributed by atoms with Crippen molar-refractivity contribution in [2.24, 2.45) is 5.92 Å². The van der Waals surface area contributed by atoms with Crippen molar-refractivity contribution in [1.82, 2.24) is 10.6 Å². The maximum absolute atomic E-state index is 12.8. The van der Waals surface area contributed by atoms with E-state index in [0.717, 1.165) is 0 Å². The van der Waals surface area contributed by atoms with Crippen LogP contribution in [0.25, 0.3) is 0 Å². The Bertz CT molecular complexity index is 751. The minimum Gasteiger partial charge on any atom is -0.480 e. The average Bonchev–Trinajstić information content (AvgIpc) is 2.64. The van der Waals surface area contributed by atoms with E-state index in [0.29, 0.717) is 17.8 Å². The number of benzene rings is 1. The summed E-state index contributed by atoms with van der Waals surface area (Å²) in [7, 11) is 0. The first kappa shape index (κ1) is 20.2. The summed E-state index contributed by atoms with van der Waals surface area (Å²) in [6.07, 6.45) is 0.594. The number of carboxylic acids is 1. The number of carbonyl (C=O) groups excluding carboxylic acids is 3. The van der Waals surface area contributed by atoms with Crippen LogP contribution in [0.4, 0.5) is 16.2 Å². The van der Waals surface area contributed by atoms with Crippen molar-refractivity contribution < 1.29 is 24.3 Å². The monoisotopic (exact) mass is 376 g/mol. The lowest BCUT2D eigenvalue weighted by Crippen LogP contribution is -2.57. The molecule has 27 heavy (non-hydrogen) atoms. The lowest BCUT2D eigenvalue weighted by Gasteiger charge is -2.32. The van der Waals surface area contributed by atoms with Gasteiger partial charge in [0.2, 0.25) is 11.8 Å². The molecule has 9 heteroatoms. The van der Waals surface area contributed by atoms with Crippen molar-refractivity contribution >= 4 is 35.2 Å². The van der Waals surface area contributed by atoms with Gasteiger partial charge in [-0.3, -0.25) is 19.3 Å². The Morgan fingerprint density at radius 1 is 1.22 bits per heavy atom. The molecule has 0 radical (unpaired) electrons. The predicted molar refractivity (Wildman–Crippen MR) is 99.4 cm³/mol. The van der Waals surface area contributed by atoms with Gasteiger partial charge in [-0.1, -0.05) is 32.4 Å². The first-order chi connectivity index (χ1) is 12.7. The first-order valence-electron chi connectivity index (χ1n) is 8.74. The number of hydrogen-bond donors (Lipinski definition) is 4. The second-order valence-electron chi connectivity index (χ2n) is 6.53. The van der Waals surface area contributed by atoms with Crippen LogP contribution in [0.1, 0.15) is 27.2 Å². The second-order valence-corrected chi connectivity index (χ2v) is 6.53. The minimum atomic E-state index is -1.17. The molecule has 146 valence electrons. The summed E-state index contributed by atoms with van der Waals surface area (Å²) in [5.41, 5.74) is 1.03. The Morgan fingerprint density at radius 2 is 1.89 bits per heavy atom. The summed E-state index contributed by atoms with van der Waals surface area (Å²) in [5, 5.41) is 16.7. The SMILES string of the molecule is CC[C@@H](C)[C@H](NC(=O)N1CC(=O)Nc2ccccc21)C(=O)N[C@H](C)C(=O)O. The van der Waals surface area contributed by atoms with Crippen molar-refractivity contribution in [2.45, 2.75) is 39.3 Å². The molecule has 0 saturated heterocycles. The number of anilines is 2. The molecule has 1 heterocycles. The Hall–Kier alpha value is -3.10. The number of urea groups is 1. The van der Waals surface area contributed by atoms with Gasteiger partial charge < -0.3 is 21.1 Å². The normalized spacial score (nSPS) is 16.4. The summed E-state index contributed by atoms with van der Waals surface area (Å²) in [5.74, 6) is -2.32. The van der Waals surface area contributed by atoms with Gasteiger partial charge >= 0.3 is 12.0 Å². The molecule has 3 atom stereocenters. The zero-order valence-electron chi connectivity index (χ0n) is 15.5. The van der Waals surface area contributed by atoms with Crippen LogP contribution in [0.15, 0.2) is 24.3 Å². The van der Waals surface area contributed by atoms with Crippen molar-refractivity contribution in [2.75, 3.05) is 16.8 Å². The van der Waals surface area contributed by atoms with Crippen LogP contribution >= 0.6 is 0 Å². The van der Waals surface area contributed by atoms with E-state index < -0.39 is 30.0 Å². The van der Waals surface area contributed by atoms with Gasteiger partial charge in [0.25, 0.3) is 0 Å². The number of hydrogen-bond acceptors (Lipinski definition) is 4.